The van der Waals surface area contributed by atoms with E-state index in [2.05, 4.69) is 5.32 Å². The lowest BCUT2D eigenvalue weighted by atomic mass is 10.1. The summed E-state index contributed by atoms with van der Waals surface area (Å²) in [5.41, 5.74) is 0.492. The number of aliphatic carboxylic acids is 1. The minimum Gasteiger partial charge on any atom is -0.480 e. The number of hydrogen-bond donors (Lipinski definition) is 2. The first-order chi connectivity index (χ1) is 10.1. The Morgan fingerprint density at radius 1 is 1.29 bits per heavy atom. The topological polar surface area (TPSA) is 78.9 Å². The molecule has 7 heteroatoms. The van der Waals surface area contributed by atoms with Crippen LogP contribution in [0.1, 0.15) is 12.8 Å². The van der Waals surface area contributed by atoms with Gasteiger partial charge in [-0.2, -0.15) is 0 Å². The third-order valence-electron chi connectivity index (χ3n) is 3.23. The normalized spacial score (nSPS) is 15.5. The van der Waals surface area contributed by atoms with E-state index in [-0.39, 0.29) is 6.04 Å². The first-order valence-electron chi connectivity index (χ1n) is 6.69. The molecule has 1 aromatic rings. The highest BCUT2D eigenvalue weighted by Crippen LogP contribution is 2.18. The molecular formula is C14H17ClN2O4. The molecule has 0 aliphatic carbocycles. The Morgan fingerprint density at radius 2 is 1.90 bits per heavy atom. The minimum absolute atomic E-state index is 0.00912. The van der Waals surface area contributed by atoms with Crippen molar-refractivity contribution in [1.29, 1.82) is 0 Å². The fraction of sp³-hybridized carbons (Fsp3) is 0.429. The summed E-state index contributed by atoms with van der Waals surface area (Å²) in [4.78, 5) is 24.5. The number of ether oxygens (including phenoxy) is 1. The van der Waals surface area contributed by atoms with Gasteiger partial charge in [0.1, 0.15) is 6.54 Å². The summed E-state index contributed by atoms with van der Waals surface area (Å²) < 4.78 is 5.23. The standard InChI is InChI=1S/C14H17ClN2O4/c15-10-1-3-12(4-2-10)17(9-13(18)19)14(20)16-11-5-7-21-8-6-11/h1-4,11H,5-9H2,(H,16,20)(H,18,19). The van der Waals surface area contributed by atoms with Crippen molar-refractivity contribution in [2.45, 2.75) is 18.9 Å². The van der Waals surface area contributed by atoms with E-state index in [0.29, 0.717) is 23.9 Å². The van der Waals surface area contributed by atoms with E-state index in [1.54, 1.807) is 24.3 Å². The van der Waals surface area contributed by atoms with Crippen LogP contribution in [0.25, 0.3) is 0 Å². The zero-order chi connectivity index (χ0) is 15.2. The van der Waals surface area contributed by atoms with Crippen molar-refractivity contribution in [2.24, 2.45) is 0 Å². The predicted octanol–water partition coefficient (Wildman–Crippen LogP) is 2.12. The Kier molecular flexibility index (Phi) is 5.41. The maximum Gasteiger partial charge on any atom is 0.323 e. The van der Waals surface area contributed by atoms with E-state index in [0.717, 1.165) is 12.8 Å². The van der Waals surface area contributed by atoms with Gasteiger partial charge in [0.15, 0.2) is 0 Å². The van der Waals surface area contributed by atoms with Gasteiger partial charge < -0.3 is 15.2 Å². The summed E-state index contributed by atoms with van der Waals surface area (Å²) in [5.74, 6) is -1.08. The van der Waals surface area contributed by atoms with E-state index in [9.17, 15) is 9.59 Å². The molecule has 1 fully saturated rings. The number of amides is 2. The SMILES string of the molecule is O=C(O)CN(C(=O)NC1CCOCC1)c1ccc(Cl)cc1. The minimum atomic E-state index is -1.08. The molecule has 0 bridgehead atoms. The average Bonchev–Trinajstić information content (AvgIpc) is 2.46. The Hall–Kier alpha value is -1.79. The molecule has 114 valence electrons. The van der Waals surface area contributed by atoms with Gasteiger partial charge in [-0.25, -0.2) is 4.79 Å². The van der Waals surface area contributed by atoms with Crippen LogP contribution in [0, 0.1) is 0 Å². The van der Waals surface area contributed by atoms with Gasteiger partial charge >= 0.3 is 12.0 Å². The molecule has 0 spiro atoms. The van der Waals surface area contributed by atoms with Crippen molar-refractivity contribution in [3.63, 3.8) is 0 Å². The summed E-state index contributed by atoms with van der Waals surface area (Å²) >= 11 is 5.81. The monoisotopic (exact) mass is 312 g/mol. The third-order valence-corrected chi connectivity index (χ3v) is 3.48. The van der Waals surface area contributed by atoms with Gasteiger partial charge in [-0.05, 0) is 37.1 Å². The molecule has 0 unspecified atom stereocenters. The van der Waals surface area contributed by atoms with Crippen molar-refractivity contribution < 1.29 is 19.4 Å². The number of carboxylic acid groups (broad SMARTS) is 1. The summed E-state index contributed by atoms with van der Waals surface area (Å²) in [7, 11) is 0. The van der Waals surface area contributed by atoms with Gasteiger partial charge in [0.2, 0.25) is 0 Å². The van der Waals surface area contributed by atoms with Crippen molar-refractivity contribution in [3.8, 4) is 0 Å². The molecule has 2 rings (SSSR count). The Bertz CT molecular complexity index is 500. The molecule has 1 aromatic carbocycles. The molecule has 1 saturated heterocycles. The summed E-state index contributed by atoms with van der Waals surface area (Å²) in [6.07, 6.45) is 1.46. The maximum absolute atomic E-state index is 12.3. The number of halogens is 1. The molecule has 1 aliphatic heterocycles. The predicted molar refractivity (Wildman–Crippen MR) is 78.8 cm³/mol. The molecule has 2 amide bonds. The number of nitrogens with one attached hydrogen (secondary N) is 1. The summed E-state index contributed by atoms with van der Waals surface area (Å²) in [6.45, 7) is 0.798. The number of carbonyl (C=O) groups is 2. The zero-order valence-electron chi connectivity index (χ0n) is 11.4. The smallest absolute Gasteiger partial charge is 0.323 e. The number of rotatable bonds is 4. The van der Waals surface area contributed by atoms with Crippen LogP contribution in [-0.2, 0) is 9.53 Å². The van der Waals surface area contributed by atoms with E-state index >= 15 is 0 Å². The number of carbonyl (C=O) groups excluding carboxylic acids is 1. The van der Waals surface area contributed by atoms with Crippen molar-refractivity contribution >= 4 is 29.3 Å². The van der Waals surface area contributed by atoms with Crippen LogP contribution in [0.15, 0.2) is 24.3 Å². The number of hydrogen-bond acceptors (Lipinski definition) is 3. The highest BCUT2D eigenvalue weighted by Gasteiger charge is 2.23. The van der Waals surface area contributed by atoms with Crippen molar-refractivity contribution in [1.82, 2.24) is 5.32 Å². The lowest BCUT2D eigenvalue weighted by Crippen LogP contribution is -2.48. The van der Waals surface area contributed by atoms with Crippen LogP contribution >= 0.6 is 11.6 Å². The van der Waals surface area contributed by atoms with E-state index in [1.807, 2.05) is 0 Å². The summed E-state index contributed by atoms with van der Waals surface area (Å²) in [6, 6.07) is 6.06. The van der Waals surface area contributed by atoms with Crippen LogP contribution in [0.2, 0.25) is 5.02 Å². The Balaban J connectivity index is 2.08. The van der Waals surface area contributed by atoms with Crippen LogP contribution in [-0.4, -0.2) is 42.9 Å². The molecule has 1 heterocycles. The van der Waals surface area contributed by atoms with Crippen LogP contribution in [0.4, 0.5) is 10.5 Å². The highest BCUT2D eigenvalue weighted by atomic mass is 35.5. The first-order valence-corrected chi connectivity index (χ1v) is 7.07. The van der Waals surface area contributed by atoms with Gasteiger partial charge in [-0.3, -0.25) is 9.69 Å². The number of benzene rings is 1. The van der Waals surface area contributed by atoms with Crippen LogP contribution in [0.3, 0.4) is 0 Å². The lowest BCUT2D eigenvalue weighted by Gasteiger charge is -2.27. The van der Waals surface area contributed by atoms with E-state index in [1.165, 1.54) is 4.90 Å². The first kappa shape index (κ1) is 15.6. The lowest BCUT2D eigenvalue weighted by molar-refractivity contribution is -0.135. The largest absolute Gasteiger partial charge is 0.480 e. The molecule has 2 N–H and O–H groups in total. The fourth-order valence-electron chi connectivity index (χ4n) is 2.13. The molecular weight excluding hydrogens is 296 g/mol. The number of nitrogens with zero attached hydrogens (tertiary/aromatic N) is 1. The second-order valence-corrected chi connectivity index (χ2v) is 5.23. The molecule has 0 radical (unpaired) electrons. The summed E-state index contributed by atoms with van der Waals surface area (Å²) in [5, 5.41) is 12.4. The van der Waals surface area contributed by atoms with E-state index < -0.39 is 18.5 Å². The van der Waals surface area contributed by atoms with Crippen LogP contribution < -0.4 is 10.2 Å². The van der Waals surface area contributed by atoms with Gasteiger partial charge in [-0.1, -0.05) is 11.6 Å². The Labute approximate surface area is 127 Å². The molecule has 0 aromatic heterocycles. The molecule has 1 aliphatic rings. The number of carboxylic acids is 1. The second kappa shape index (κ2) is 7.28. The van der Waals surface area contributed by atoms with Gasteiger partial charge in [0, 0.05) is 30.0 Å². The number of urea groups is 1. The van der Waals surface area contributed by atoms with Crippen molar-refractivity contribution in [2.75, 3.05) is 24.7 Å². The zero-order valence-corrected chi connectivity index (χ0v) is 12.2. The van der Waals surface area contributed by atoms with Crippen molar-refractivity contribution in [3.05, 3.63) is 29.3 Å². The van der Waals surface area contributed by atoms with Gasteiger partial charge in [0.05, 0.1) is 0 Å². The third kappa shape index (κ3) is 4.61. The van der Waals surface area contributed by atoms with E-state index in [4.69, 9.17) is 21.4 Å². The van der Waals surface area contributed by atoms with Gasteiger partial charge in [0.25, 0.3) is 0 Å². The molecule has 6 nitrogen and oxygen atoms in total. The molecule has 21 heavy (non-hydrogen) atoms. The number of anilines is 1. The Morgan fingerprint density at radius 3 is 2.48 bits per heavy atom. The highest BCUT2D eigenvalue weighted by molar-refractivity contribution is 6.30. The quantitative estimate of drug-likeness (QED) is 0.892. The average molecular weight is 313 g/mol. The maximum atomic E-state index is 12.3. The molecule has 0 saturated carbocycles. The van der Waals surface area contributed by atoms with Gasteiger partial charge in [-0.15, -0.1) is 0 Å². The van der Waals surface area contributed by atoms with Crippen LogP contribution in [0.5, 0.6) is 0 Å². The molecule has 0 atom stereocenters. The fourth-order valence-corrected chi connectivity index (χ4v) is 2.26. The second-order valence-electron chi connectivity index (χ2n) is 4.79.